The van der Waals surface area contributed by atoms with Crippen LogP contribution in [0.25, 0.3) is 0 Å². The van der Waals surface area contributed by atoms with Crippen molar-refractivity contribution in [2.24, 2.45) is 5.10 Å². The van der Waals surface area contributed by atoms with Gasteiger partial charge >= 0.3 is 5.69 Å². The molecule has 21 heavy (non-hydrogen) atoms. The maximum Gasteiger partial charge on any atom is 0.325 e. The zero-order valence-electron chi connectivity index (χ0n) is 11.3. The van der Waals surface area contributed by atoms with Gasteiger partial charge in [-0.05, 0) is 12.5 Å². The lowest BCUT2D eigenvalue weighted by molar-refractivity contribution is 0.0952. The van der Waals surface area contributed by atoms with E-state index in [1.54, 1.807) is 6.92 Å². The number of nitrogens with one attached hydrogen (secondary N) is 3. The first kappa shape index (κ1) is 14.4. The van der Waals surface area contributed by atoms with Gasteiger partial charge in [-0.2, -0.15) is 5.10 Å². The van der Waals surface area contributed by atoms with Crippen LogP contribution in [-0.4, -0.2) is 21.6 Å². The van der Waals surface area contributed by atoms with Crippen molar-refractivity contribution in [3.8, 4) is 0 Å². The molecule has 0 aliphatic heterocycles. The number of H-pyrrole nitrogens is 2. The Labute approximate surface area is 119 Å². The monoisotopic (exact) mass is 286 g/mol. The number of amides is 1. The number of rotatable bonds is 4. The molecule has 0 atom stereocenters. The minimum Gasteiger partial charge on any atom is -0.313 e. The summed E-state index contributed by atoms with van der Waals surface area (Å²) in [6.07, 6.45) is 1.64. The minimum atomic E-state index is -0.757. The van der Waals surface area contributed by atoms with Crippen molar-refractivity contribution in [1.82, 2.24) is 15.4 Å². The Morgan fingerprint density at radius 2 is 1.95 bits per heavy atom. The number of aromatic amines is 2. The number of carbonyl (C=O) groups excluding carboxylic acids is 1. The molecule has 0 radical (unpaired) electrons. The highest BCUT2D eigenvalue weighted by Crippen LogP contribution is 2.00. The topological polar surface area (TPSA) is 107 Å². The predicted octanol–water partition coefficient (Wildman–Crippen LogP) is 0.412. The van der Waals surface area contributed by atoms with Crippen LogP contribution in [0.1, 0.15) is 22.8 Å². The average Bonchev–Trinajstić information content (AvgIpc) is 2.46. The Balaban J connectivity index is 2.04. The second kappa shape index (κ2) is 6.47. The van der Waals surface area contributed by atoms with E-state index in [1.807, 2.05) is 35.3 Å². The van der Waals surface area contributed by atoms with Gasteiger partial charge in [-0.3, -0.25) is 14.6 Å². The summed E-state index contributed by atoms with van der Waals surface area (Å²) >= 11 is 0. The van der Waals surface area contributed by atoms with Crippen LogP contribution >= 0.6 is 0 Å². The molecule has 0 unspecified atom stereocenters. The van der Waals surface area contributed by atoms with Crippen molar-refractivity contribution in [1.29, 1.82) is 0 Å². The van der Waals surface area contributed by atoms with E-state index in [0.29, 0.717) is 12.1 Å². The molecule has 1 heterocycles. The molecular weight excluding hydrogens is 272 g/mol. The van der Waals surface area contributed by atoms with Gasteiger partial charge in [0.15, 0.2) is 0 Å². The van der Waals surface area contributed by atoms with E-state index in [1.165, 1.54) is 0 Å². The summed E-state index contributed by atoms with van der Waals surface area (Å²) in [7, 11) is 0. The molecule has 0 fully saturated rings. The van der Waals surface area contributed by atoms with Gasteiger partial charge < -0.3 is 4.98 Å². The maximum atomic E-state index is 11.8. The normalized spacial score (nSPS) is 11.2. The van der Waals surface area contributed by atoms with Gasteiger partial charge in [0.05, 0.1) is 0 Å². The average molecular weight is 286 g/mol. The fraction of sp³-hybridized carbons (Fsp3) is 0.143. The third-order valence-electron chi connectivity index (χ3n) is 2.72. The fourth-order valence-electron chi connectivity index (χ4n) is 1.72. The molecule has 108 valence electrons. The zero-order chi connectivity index (χ0) is 15.2. The van der Waals surface area contributed by atoms with Crippen molar-refractivity contribution in [2.45, 2.75) is 13.3 Å². The highest BCUT2D eigenvalue weighted by atomic mass is 16.2. The van der Waals surface area contributed by atoms with Crippen molar-refractivity contribution < 1.29 is 4.79 Å². The number of aromatic nitrogens is 2. The highest BCUT2D eigenvalue weighted by Gasteiger charge is 2.10. The minimum absolute atomic E-state index is 0.203. The Kier molecular flexibility index (Phi) is 4.45. The van der Waals surface area contributed by atoms with E-state index in [0.717, 1.165) is 11.8 Å². The van der Waals surface area contributed by atoms with Gasteiger partial charge in [-0.25, -0.2) is 10.2 Å². The highest BCUT2D eigenvalue weighted by molar-refractivity contribution is 5.94. The second-order valence-corrected chi connectivity index (χ2v) is 4.44. The maximum absolute atomic E-state index is 11.8. The molecule has 0 aliphatic rings. The Bertz CT molecular complexity index is 775. The molecule has 2 aromatic rings. The lowest BCUT2D eigenvalue weighted by atomic mass is 10.1. The molecule has 1 aromatic carbocycles. The van der Waals surface area contributed by atoms with E-state index in [4.69, 9.17) is 0 Å². The van der Waals surface area contributed by atoms with Crippen molar-refractivity contribution in [3.63, 3.8) is 0 Å². The number of carbonyl (C=O) groups is 1. The first-order valence-corrected chi connectivity index (χ1v) is 6.25. The lowest BCUT2D eigenvalue weighted by Crippen LogP contribution is -2.31. The molecule has 7 heteroatoms. The standard InChI is InChI=1S/C14H14N4O3/c1-9(7-10-5-3-2-4-6-10)17-18-13(20)11-8-15-14(21)16-12(11)19/h2-6,8H,7H2,1H3,(H,18,20)(H2,15,16,19,21). The summed E-state index contributed by atoms with van der Waals surface area (Å²) in [4.78, 5) is 38.3. The number of hydrogen-bond acceptors (Lipinski definition) is 4. The molecule has 0 spiro atoms. The number of benzene rings is 1. The fourth-order valence-corrected chi connectivity index (χ4v) is 1.72. The molecule has 0 saturated heterocycles. The van der Waals surface area contributed by atoms with E-state index < -0.39 is 17.2 Å². The Hall–Kier alpha value is -2.96. The van der Waals surface area contributed by atoms with E-state index >= 15 is 0 Å². The summed E-state index contributed by atoms with van der Waals surface area (Å²) in [6, 6.07) is 9.66. The van der Waals surface area contributed by atoms with Gasteiger partial charge in [0.2, 0.25) is 0 Å². The van der Waals surface area contributed by atoms with Gasteiger partial charge in [-0.15, -0.1) is 0 Å². The molecule has 2 rings (SSSR count). The van der Waals surface area contributed by atoms with Crippen molar-refractivity contribution in [2.75, 3.05) is 0 Å². The summed E-state index contributed by atoms with van der Waals surface area (Å²) in [5.41, 5.74) is 2.41. The zero-order valence-corrected chi connectivity index (χ0v) is 11.3. The van der Waals surface area contributed by atoms with E-state index in [-0.39, 0.29) is 5.56 Å². The summed E-state index contributed by atoms with van der Waals surface area (Å²) < 4.78 is 0. The predicted molar refractivity (Wildman–Crippen MR) is 78.4 cm³/mol. The number of hydrogen-bond donors (Lipinski definition) is 3. The van der Waals surface area contributed by atoms with Crippen LogP contribution in [0.2, 0.25) is 0 Å². The van der Waals surface area contributed by atoms with Crippen molar-refractivity contribution >= 4 is 11.6 Å². The largest absolute Gasteiger partial charge is 0.325 e. The van der Waals surface area contributed by atoms with Crippen LogP contribution in [0.3, 0.4) is 0 Å². The van der Waals surface area contributed by atoms with Crippen LogP contribution in [-0.2, 0) is 6.42 Å². The van der Waals surface area contributed by atoms with Crippen LogP contribution in [0, 0.1) is 0 Å². The number of hydrazone groups is 1. The second-order valence-electron chi connectivity index (χ2n) is 4.44. The van der Waals surface area contributed by atoms with Gasteiger partial charge in [0.25, 0.3) is 11.5 Å². The molecule has 0 aliphatic carbocycles. The molecular formula is C14H14N4O3. The third kappa shape index (κ3) is 4.00. The molecule has 7 nitrogen and oxygen atoms in total. The quantitative estimate of drug-likeness (QED) is 0.559. The first-order valence-electron chi connectivity index (χ1n) is 6.25. The summed E-state index contributed by atoms with van der Waals surface area (Å²) in [5, 5.41) is 3.93. The molecule has 0 saturated carbocycles. The van der Waals surface area contributed by atoms with Gasteiger partial charge in [0.1, 0.15) is 5.56 Å². The molecule has 3 N–H and O–H groups in total. The Morgan fingerprint density at radius 1 is 1.24 bits per heavy atom. The summed E-state index contributed by atoms with van der Waals surface area (Å²) in [6.45, 7) is 1.77. The van der Waals surface area contributed by atoms with Crippen LogP contribution in [0.15, 0.2) is 51.2 Å². The van der Waals surface area contributed by atoms with Crippen LogP contribution in [0.4, 0.5) is 0 Å². The van der Waals surface area contributed by atoms with E-state index in [2.05, 4.69) is 15.5 Å². The van der Waals surface area contributed by atoms with E-state index in [9.17, 15) is 14.4 Å². The Morgan fingerprint density at radius 3 is 2.62 bits per heavy atom. The van der Waals surface area contributed by atoms with Crippen LogP contribution < -0.4 is 16.7 Å². The van der Waals surface area contributed by atoms with Gasteiger partial charge in [0, 0.05) is 18.3 Å². The van der Waals surface area contributed by atoms with Crippen molar-refractivity contribution in [3.05, 3.63) is 68.5 Å². The van der Waals surface area contributed by atoms with Gasteiger partial charge in [-0.1, -0.05) is 30.3 Å². The van der Waals surface area contributed by atoms with Crippen LogP contribution in [0.5, 0.6) is 0 Å². The third-order valence-corrected chi connectivity index (χ3v) is 2.72. The number of nitrogens with zero attached hydrogens (tertiary/aromatic N) is 1. The molecule has 1 amide bonds. The smallest absolute Gasteiger partial charge is 0.313 e. The first-order chi connectivity index (χ1) is 10.1. The molecule has 1 aromatic heterocycles. The molecule has 0 bridgehead atoms. The lowest BCUT2D eigenvalue weighted by Gasteiger charge is -2.02. The SMILES string of the molecule is CC(Cc1ccccc1)=NNC(=O)c1c[nH]c(=O)[nH]c1=O. The summed E-state index contributed by atoms with van der Waals surface area (Å²) in [5.74, 6) is -0.681.